The van der Waals surface area contributed by atoms with Gasteiger partial charge in [-0.25, -0.2) is 0 Å². The molecular formula is C12H24N2O2. The molecule has 0 saturated heterocycles. The van der Waals surface area contributed by atoms with Crippen LogP contribution in [0.5, 0.6) is 0 Å². The maximum absolute atomic E-state index is 11.6. The van der Waals surface area contributed by atoms with Crippen LogP contribution in [0.1, 0.15) is 32.1 Å². The molecule has 1 fully saturated rings. The molecule has 94 valence electrons. The highest BCUT2D eigenvalue weighted by Crippen LogP contribution is 2.24. The van der Waals surface area contributed by atoms with E-state index in [1.165, 1.54) is 32.1 Å². The molecule has 0 aromatic heterocycles. The lowest BCUT2D eigenvalue weighted by atomic mass is 9.89. The molecule has 0 unspecified atom stereocenters. The van der Waals surface area contributed by atoms with Gasteiger partial charge in [0.2, 0.25) is 5.91 Å². The van der Waals surface area contributed by atoms with Crippen molar-refractivity contribution in [2.24, 2.45) is 11.7 Å². The second-order valence-corrected chi connectivity index (χ2v) is 4.54. The molecule has 0 heterocycles. The molecule has 1 rings (SSSR count). The van der Waals surface area contributed by atoms with Gasteiger partial charge in [-0.05, 0) is 18.8 Å². The van der Waals surface area contributed by atoms with Crippen molar-refractivity contribution in [1.29, 1.82) is 0 Å². The van der Waals surface area contributed by atoms with Crippen molar-refractivity contribution in [2.45, 2.75) is 32.1 Å². The Morgan fingerprint density at radius 3 is 2.62 bits per heavy atom. The van der Waals surface area contributed by atoms with Crippen LogP contribution in [0, 0.1) is 5.92 Å². The zero-order valence-electron chi connectivity index (χ0n) is 10.3. The molecule has 0 aromatic carbocycles. The van der Waals surface area contributed by atoms with Gasteiger partial charge in [-0.3, -0.25) is 4.79 Å². The van der Waals surface area contributed by atoms with Crippen LogP contribution in [0.2, 0.25) is 0 Å². The normalized spacial score (nSPS) is 17.4. The van der Waals surface area contributed by atoms with Gasteiger partial charge in [0.25, 0.3) is 0 Å². The molecule has 0 spiro atoms. The largest absolute Gasteiger partial charge is 0.383 e. The van der Waals surface area contributed by atoms with Crippen LogP contribution in [0.3, 0.4) is 0 Å². The molecule has 0 aliphatic heterocycles. The molecule has 1 aliphatic carbocycles. The van der Waals surface area contributed by atoms with E-state index in [-0.39, 0.29) is 12.5 Å². The lowest BCUT2D eigenvalue weighted by molar-refractivity contribution is -0.131. The minimum absolute atomic E-state index is 0.0441. The van der Waals surface area contributed by atoms with E-state index in [1.54, 1.807) is 7.11 Å². The van der Waals surface area contributed by atoms with Gasteiger partial charge in [0.05, 0.1) is 13.2 Å². The number of amides is 1. The monoisotopic (exact) mass is 228 g/mol. The van der Waals surface area contributed by atoms with Gasteiger partial charge in [-0.2, -0.15) is 0 Å². The SMILES string of the molecule is COCCN(CC1CCCCC1)C(=O)CN. The van der Waals surface area contributed by atoms with Gasteiger partial charge in [-0.1, -0.05) is 19.3 Å². The van der Waals surface area contributed by atoms with E-state index in [2.05, 4.69) is 0 Å². The Hall–Kier alpha value is -0.610. The first-order valence-corrected chi connectivity index (χ1v) is 6.24. The zero-order valence-corrected chi connectivity index (χ0v) is 10.3. The third-order valence-corrected chi connectivity index (χ3v) is 3.30. The number of nitrogens with two attached hydrogens (primary N) is 1. The summed E-state index contributed by atoms with van der Waals surface area (Å²) in [6, 6.07) is 0. The predicted molar refractivity (Wildman–Crippen MR) is 64.1 cm³/mol. The lowest BCUT2D eigenvalue weighted by Crippen LogP contribution is -2.41. The van der Waals surface area contributed by atoms with Crippen LogP contribution in [-0.2, 0) is 9.53 Å². The third kappa shape index (κ3) is 4.49. The van der Waals surface area contributed by atoms with Crippen LogP contribution >= 0.6 is 0 Å². The van der Waals surface area contributed by atoms with Gasteiger partial charge in [0.1, 0.15) is 0 Å². The van der Waals surface area contributed by atoms with Gasteiger partial charge < -0.3 is 15.4 Å². The standard InChI is InChI=1S/C12H24N2O2/c1-16-8-7-14(12(15)9-13)10-11-5-3-2-4-6-11/h11H,2-10,13H2,1H3. The average molecular weight is 228 g/mol. The van der Waals surface area contributed by atoms with E-state index in [0.29, 0.717) is 19.1 Å². The molecule has 0 bridgehead atoms. The Morgan fingerprint density at radius 1 is 1.38 bits per heavy atom. The summed E-state index contributed by atoms with van der Waals surface area (Å²) in [6.45, 7) is 2.23. The molecule has 2 N–H and O–H groups in total. The minimum atomic E-state index is 0.0441. The molecule has 0 atom stereocenters. The highest BCUT2D eigenvalue weighted by molar-refractivity contribution is 5.78. The van der Waals surface area contributed by atoms with Crippen molar-refractivity contribution >= 4 is 5.91 Å². The maximum Gasteiger partial charge on any atom is 0.236 e. The smallest absolute Gasteiger partial charge is 0.236 e. The molecule has 4 heteroatoms. The molecule has 16 heavy (non-hydrogen) atoms. The second kappa shape index (κ2) is 7.63. The van der Waals surface area contributed by atoms with Gasteiger partial charge in [-0.15, -0.1) is 0 Å². The molecule has 0 aromatic rings. The van der Waals surface area contributed by atoms with E-state index in [4.69, 9.17) is 10.5 Å². The Bertz CT molecular complexity index is 203. The highest BCUT2D eigenvalue weighted by Gasteiger charge is 2.19. The van der Waals surface area contributed by atoms with E-state index in [0.717, 1.165) is 6.54 Å². The Labute approximate surface area is 98.1 Å². The number of ether oxygens (including phenoxy) is 1. The molecule has 0 radical (unpaired) electrons. The number of carbonyl (C=O) groups excluding carboxylic acids is 1. The van der Waals surface area contributed by atoms with Crippen LogP contribution in [0.4, 0.5) is 0 Å². The van der Waals surface area contributed by atoms with E-state index in [1.807, 2.05) is 4.90 Å². The van der Waals surface area contributed by atoms with Gasteiger partial charge in [0, 0.05) is 20.2 Å². The summed E-state index contributed by atoms with van der Waals surface area (Å²) < 4.78 is 5.02. The van der Waals surface area contributed by atoms with Crippen LogP contribution in [-0.4, -0.2) is 44.2 Å². The fourth-order valence-corrected chi connectivity index (χ4v) is 2.33. The number of hydrogen-bond acceptors (Lipinski definition) is 3. The van der Waals surface area contributed by atoms with Crippen LogP contribution in [0.15, 0.2) is 0 Å². The summed E-state index contributed by atoms with van der Waals surface area (Å²) in [5.41, 5.74) is 5.42. The number of rotatable bonds is 6. The fraction of sp³-hybridized carbons (Fsp3) is 0.917. The quantitative estimate of drug-likeness (QED) is 0.738. The summed E-state index contributed by atoms with van der Waals surface area (Å²) in [7, 11) is 1.66. The first-order chi connectivity index (χ1) is 7.77. The molecule has 1 saturated carbocycles. The average Bonchev–Trinajstić information content (AvgIpc) is 2.34. The van der Waals surface area contributed by atoms with Crippen molar-refractivity contribution < 1.29 is 9.53 Å². The maximum atomic E-state index is 11.6. The van der Waals surface area contributed by atoms with Crippen molar-refractivity contribution in [2.75, 3.05) is 33.4 Å². The Balaban J connectivity index is 2.38. The number of hydrogen-bond donors (Lipinski definition) is 1. The molecule has 4 nitrogen and oxygen atoms in total. The fourth-order valence-electron chi connectivity index (χ4n) is 2.33. The number of methoxy groups -OCH3 is 1. The third-order valence-electron chi connectivity index (χ3n) is 3.30. The Kier molecular flexibility index (Phi) is 6.42. The second-order valence-electron chi connectivity index (χ2n) is 4.54. The Morgan fingerprint density at radius 2 is 2.06 bits per heavy atom. The summed E-state index contributed by atoms with van der Waals surface area (Å²) in [5, 5.41) is 0. The van der Waals surface area contributed by atoms with Gasteiger partial charge in [0.15, 0.2) is 0 Å². The van der Waals surface area contributed by atoms with Crippen molar-refractivity contribution in [3.05, 3.63) is 0 Å². The molecule has 1 amide bonds. The van der Waals surface area contributed by atoms with E-state index >= 15 is 0 Å². The topological polar surface area (TPSA) is 55.6 Å². The summed E-state index contributed by atoms with van der Waals surface area (Å²) in [5.74, 6) is 0.712. The number of nitrogens with zero attached hydrogens (tertiary/aromatic N) is 1. The van der Waals surface area contributed by atoms with Crippen molar-refractivity contribution in [1.82, 2.24) is 4.90 Å². The highest BCUT2D eigenvalue weighted by atomic mass is 16.5. The van der Waals surface area contributed by atoms with Gasteiger partial charge >= 0.3 is 0 Å². The summed E-state index contributed by atoms with van der Waals surface area (Å²) in [6.07, 6.45) is 6.46. The van der Waals surface area contributed by atoms with E-state index in [9.17, 15) is 4.79 Å². The summed E-state index contributed by atoms with van der Waals surface area (Å²) in [4.78, 5) is 13.5. The molecular weight excluding hydrogens is 204 g/mol. The lowest BCUT2D eigenvalue weighted by Gasteiger charge is -2.29. The molecule has 1 aliphatic rings. The van der Waals surface area contributed by atoms with Crippen LogP contribution in [0.25, 0.3) is 0 Å². The van der Waals surface area contributed by atoms with Crippen molar-refractivity contribution in [3.63, 3.8) is 0 Å². The zero-order chi connectivity index (χ0) is 11.8. The summed E-state index contributed by atoms with van der Waals surface area (Å²) >= 11 is 0. The minimum Gasteiger partial charge on any atom is -0.383 e. The van der Waals surface area contributed by atoms with E-state index < -0.39 is 0 Å². The predicted octanol–water partition coefficient (Wildman–Crippen LogP) is 1.00. The van der Waals surface area contributed by atoms with Crippen LogP contribution < -0.4 is 5.73 Å². The first-order valence-electron chi connectivity index (χ1n) is 6.24. The first kappa shape index (κ1) is 13.5. The number of carbonyl (C=O) groups is 1. The van der Waals surface area contributed by atoms with Crippen molar-refractivity contribution in [3.8, 4) is 0 Å².